The first-order chi connectivity index (χ1) is 15.9. The van der Waals surface area contributed by atoms with Crippen LogP contribution in [0.4, 0.5) is 5.69 Å². The normalized spacial score (nSPS) is 15.5. The second kappa shape index (κ2) is 12.7. The van der Waals surface area contributed by atoms with Crippen LogP contribution in [0, 0.1) is 5.92 Å². The van der Waals surface area contributed by atoms with Gasteiger partial charge in [0.1, 0.15) is 5.75 Å². The molecule has 1 saturated heterocycles. The molecule has 0 amide bonds. The zero-order valence-electron chi connectivity index (χ0n) is 19.3. The number of rotatable bonds is 12. The van der Waals surface area contributed by atoms with E-state index in [9.17, 15) is 13.5 Å². The zero-order chi connectivity index (χ0) is 23.7. The molecule has 1 aliphatic rings. The van der Waals surface area contributed by atoms with Gasteiger partial charge in [0.2, 0.25) is 0 Å². The Balaban J connectivity index is 1.34. The Bertz CT molecular complexity index is 943. The highest BCUT2D eigenvalue weighted by Gasteiger charge is 2.21. The van der Waals surface area contributed by atoms with Gasteiger partial charge in [-0.1, -0.05) is 28.8 Å². The van der Waals surface area contributed by atoms with E-state index in [4.69, 9.17) is 4.74 Å². The monoisotopic (exact) mass is 538 g/mol. The van der Waals surface area contributed by atoms with Crippen molar-refractivity contribution in [2.45, 2.75) is 43.4 Å². The number of aliphatic hydroxyl groups excluding tert-OH is 1. The van der Waals surface area contributed by atoms with Crippen molar-refractivity contribution in [1.29, 1.82) is 0 Å². The van der Waals surface area contributed by atoms with Crippen molar-refractivity contribution in [2.24, 2.45) is 5.92 Å². The fraction of sp³-hybridized carbons (Fsp3) is 0.520. The predicted molar refractivity (Wildman–Crippen MR) is 136 cm³/mol. The lowest BCUT2D eigenvalue weighted by Crippen LogP contribution is -2.35. The molecule has 1 N–H and O–H groups in total. The SMILES string of the molecule is CN(c1ccc(OCCCCCCN2CCC(CO)CC2)cc1)S(=O)(=O)c1ccc(Br)cc1. The van der Waals surface area contributed by atoms with Gasteiger partial charge in [0.25, 0.3) is 10.0 Å². The maximum atomic E-state index is 12.8. The van der Waals surface area contributed by atoms with Gasteiger partial charge in [0.05, 0.1) is 17.2 Å². The van der Waals surface area contributed by atoms with Crippen LogP contribution < -0.4 is 9.04 Å². The van der Waals surface area contributed by atoms with Gasteiger partial charge in [0, 0.05) is 18.1 Å². The summed E-state index contributed by atoms with van der Waals surface area (Å²) in [5, 5.41) is 9.22. The Morgan fingerprint density at radius 2 is 1.64 bits per heavy atom. The smallest absolute Gasteiger partial charge is 0.264 e. The maximum absolute atomic E-state index is 12.8. The molecule has 0 unspecified atom stereocenters. The second-order valence-corrected chi connectivity index (χ2v) is 11.5. The molecule has 0 spiro atoms. The number of benzene rings is 2. The number of hydrogen-bond donors (Lipinski definition) is 1. The summed E-state index contributed by atoms with van der Waals surface area (Å²) < 4.78 is 33.6. The highest BCUT2D eigenvalue weighted by Crippen LogP contribution is 2.25. The molecule has 182 valence electrons. The quantitative estimate of drug-likeness (QED) is 0.388. The average molecular weight is 540 g/mol. The van der Waals surface area contributed by atoms with E-state index >= 15 is 0 Å². The number of aliphatic hydroxyl groups is 1. The Labute approximate surface area is 206 Å². The summed E-state index contributed by atoms with van der Waals surface area (Å²) in [6.45, 7) is 4.37. The van der Waals surface area contributed by atoms with E-state index in [2.05, 4.69) is 20.8 Å². The Kier molecular flexibility index (Phi) is 10.0. The molecule has 2 aromatic carbocycles. The van der Waals surface area contributed by atoms with Gasteiger partial charge >= 0.3 is 0 Å². The molecule has 0 radical (unpaired) electrons. The molecule has 1 aliphatic heterocycles. The van der Waals surface area contributed by atoms with Crippen LogP contribution in [0.5, 0.6) is 5.75 Å². The van der Waals surface area contributed by atoms with Gasteiger partial charge < -0.3 is 14.7 Å². The van der Waals surface area contributed by atoms with Crippen LogP contribution in [0.2, 0.25) is 0 Å². The molecule has 33 heavy (non-hydrogen) atoms. The molecular weight excluding hydrogens is 504 g/mol. The minimum absolute atomic E-state index is 0.253. The third-order valence-corrected chi connectivity index (χ3v) is 8.60. The summed E-state index contributed by atoms with van der Waals surface area (Å²) in [4.78, 5) is 2.77. The largest absolute Gasteiger partial charge is 0.494 e. The lowest BCUT2D eigenvalue weighted by molar-refractivity contribution is 0.130. The van der Waals surface area contributed by atoms with Crippen molar-refractivity contribution in [3.8, 4) is 5.75 Å². The molecule has 0 bridgehead atoms. The molecule has 1 fully saturated rings. The summed E-state index contributed by atoms with van der Waals surface area (Å²) in [5.41, 5.74) is 0.591. The van der Waals surface area contributed by atoms with Crippen LogP contribution in [0.15, 0.2) is 57.9 Å². The molecule has 0 aliphatic carbocycles. The first-order valence-electron chi connectivity index (χ1n) is 11.7. The van der Waals surface area contributed by atoms with Gasteiger partial charge in [-0.15, -0.1) is 0 Å². The van der Waals surface area contributed by atoms with E-state index in [0.717, 1.165) is 55.5 Å². The van der Waals surface area contributed by atoms with Crippen LogP contribution in [-0.4, -0.2) is 58.3 Å². The topological polar surface area (TPSA) is 70.1 Å². The number of hydrogen-bond acceptors (Lipinski definition) is 5. The number of ether oxygens (including phenoxy) is 1. The summed E-state index contributed by atoms with van der Waals surface area (Å²) in [5.74, 6) is 1.25. The van der Waals surface area contributed by atoms with Crippen LogP contribution in [0.1, 0.15) is 38.5 Å². The van der Waals surface area contributed by atoms with Crippen LogP contribution >= 0.6 is 15.9 Å². The fourth-order valence-electron chi connectivity index (χ4n) is 4.03. The Hall–Kier alpha value is -1.61. The first kappa shape index (κ1) is 26.0. The second-order valence-electron chi connectivity index (χ2n) is 8.65. The molecule has 2 aromatic rings. The third-order valence-electron chi connectivity index (χ3n) is 6.28. The van der Waals surface area contributed by atoms with E-state index in [1.54, 1.807) is 43.4 Å². The van der Waals surface area contributed by atoms with Crippen molar-refractivity contribution in [2.75, 3.05) is 44.2 Å². The number of likely N-dealkylation sites (tertiary alicyclic amines) is 1. The number of piperidine rings is 1. The molecule has 0 aromatic heterocycles. The van der Waals surface area contributed by atoms with Crippen molar-refractivity contribution in [3.05, 3.63) is 53.0 Å². The molecular formula is C25H35BrN2O4S. The average Bonchev–Trinajstić information content (AvgIpc) is 2.84. The molecule has 1 heterocycles. The number of unbranched alkanes of at least 4 members (excludes halogenated alkanes) is 3. The van der Waals surface area contributed by atoms with E-state index < -0.39 is 10.0 Å². The lowest BCUT2D eigenvalue weighted by Gasteiger charge is -2.30. The summed E-state index contributed by atoms with van der Waals surface area (Å²) in [7, 11) is -2.05. The molecule has 0 saturated carbocycles. The number of nitrogens with zero attached hydrogens (tertiary/aromatic N) is 2. The standard InChI is InChI=1S/C25H35BrN2O4S/c1-27(33(30,31)25-12-6-22(26)7-13-25)23-8-10-24(11-9-23)32-19-5-3-2-4-16-28-17-14-21(20-29)15-18-28/h6-13,21,29H,2-5,14-20H2,1H3. The highest BCUT2D eigenvalue weighted by molar-refractivity contribution is 9.10. The summed E-state index contributed by atoms with van der Waals surface area (Å²) in [6, 6.07) is 13.8. The van der Waals surface area contributed by atoms with Crippen molar-refractivity contribution < 1.29 is 18.3 Å². The molecule has 6 nitrogen and oxygen atoms in total. The van der Waals surface area contributed by atoms with Crippen molar-refractivity contribution >= 4 is 31.6 Å². The van der Waals surface area contributed by atoms with Gasteiger partial charge in [-0.3, -0.25) is 4.31 Å². The fourth-order valence-corrected chi connectivity index (χ4v) is 5.49. The minimum Gasteiger partial charge on any atom is -0.494 e. The van der Waals surface area contributed by atoms with E-state index in [-0.39, 0.29) is 4.90 Å². The third kappa shape index (κ3) is 7.70. The molecule has 8 heteroatoms. The van der Waals surface area contributed by atoms with E-state index in [0.29, 0.717) is 24.8 Å². The van der Waals surface area contributed by atoms with E-state index in [1.165, 1.54) is 17.1 Å². The van der Waals surface area contributed by atoms with E-state index in [1.807, 2.05) is 12.1 Å². The minimum atomic E-state index is -3.61. The maximum Gasteiger partial charge on any atom is 0.264 e. The first-order valence-corrected chi connectivity index (χ1v) is 13.9. The highest BCUT2D eigenvalue weighted by atomic mass is 79.9. The van der Waals surface area contributed by atoms with Gasteiger partial charge in [-0.25, -0.2) is 8.42 Å². The van der Waals surface area contributed by atoms with Crippen LogP contribution in [0.3, 0.4) is 0 Å². The Morgan fingerprint density at radius 3 is 2.27 bits per heavy atom. The van der Waals surface area contributed by atoms with Crippen molar-refractivity contribution in [1.82, 2.24) is 4.90 Å². The predicted octanol–water partition coefficient (Wildman–Crippen LogP) is 4.92. The number of sulfonamides is 1. The van der Waals surface area contributed by atoms with Gasteiger partial charge in [-0.2, -0.15) is 0 Å². The molecule has 3 rings (SSSR count). The molecule has 0 atom stereocenters. The number of halogens is 1. The zero-order valence-corrected chi connectivity index (χ0v) is 21.7. The van der Waals surface area contributed by atoms with Crippen LogP contribution in [-0.2, 0) is 10.0 Å². The lowest BCUT2D eigenvalue weighted by atomic mass is 9.98. The number of anilines is 1. The van der Waals surface area contributed by atoms with Crippen LogP contribution in [0.25, 0.3) is 0 Å². The van der Waals surface area contributed by atoms with Crippen molar-refractivity contribution in [3.63, 3.8) is 0 Å². The summed E-state index contributed by atoms with van der Waals surface area (Å²) >= 11 is 3.33. The van der Waals surface area contributed by atoms with Gasteiger partial charge in [0.15, 0.2) is 0 Å². The Morgan fingerprint density at radius 1 is 1.00 bits per heavy atom. The summed E-state index contributed by atoms with van der Waals surface area (Å²) in [6.07, 6.45) is 6.79. The van der Waals surface area contributed by atoms with Gasteiger partial charge in [-0.05, 0) is 99.8 Å².